The molecule has 0 amide bonds. The maximum Gasteiger partial charge on any atom is 0.141 e. The first-order valence-electron chi connectivity index (χ1n) is 4.60. The van der Waals surface area contributed by atoms with Crippen molar-refractivity contribution in [2.45, 2.75) is 19.4 Å². The van der Waals surface area contributed by atoms with Crippen molar-refractivity contribution in [2.75, 3.05) is 17.3 Å². The van der Waals surface area contributed by atoms with Gasteiger partial charge in [0.1, 0.15) is 5.82 Å². The fourth-order valence-corrected chi connectivity index (χ4v) is 1.11. The molecular weight excluding hydrogens is 180 g/mol. The molecule has 1 aromatic heterocycles. The molecule has 1 rings (SSSR count). The molecule has 5 N–H and O–H groups in total. The Hall–Kier alpha value is -1.33. The Labute approximate surface area is 83.3 Å². The summed E-state index contributed by atoms with van der Waals surface area (Å²) in [5.74, 6) is 5.82. The van der Waals surface area contributed by atoms with Crippen molar-refractivity contribution in [3.05, 3.63) is 18.3 Å². The standard InChI is InChI=1S/C9H16N4O/c1-2-7(6-14)12-8-3-4-11-9(5-8)13-10/h3-5,7,14H,2,6,10H2,1H3,(H2,11,12,13). The molecule has 1 atom stereocenters. The summed E-state index contributed by atoms with van der Waals surface area (Å²) in [6.07, 6.45) is 2.52. The van der Waals surface area contributed by atoms with E-state index in [1.165, 1.54) is 0 Å². The fourth-order valence-electron chi connectivity index (χ4n) is 1.11. The number of nitrogens with two attached hydrogens (primary N) is 1. The number of nitrogens with one attached hydrogen (secondary N) is 2. The maximum atomic E-state index is 9.00. The third-order valence-electron chi connectivity index (χ3n) is 1.99. The van der Waals surface area contributed by atoms with Crippen molar-refractivity contribution in [3.8, 4) is 0 Å². The highest BCUT2D eigenvalue weighted by Gasteiger charge is 2.04. The van der Waals surface area contributed by atoms with E-state index >= 15 is 0 Å². The molecule has 0 aliphatic heterocycles. The molecule has 14 heavy (non-hydrogen) atoms. The smallest absolute Gasteiger partial charge is 0.141 e. The van der Waals surface area contributed by atoms with Crippen LogP contribution in [-0.2, 0) is 0 Å². The van der Waals surface area contributed by atoms with E-state index in [1.54, 1.807) is 12.3 Å². The van der Waals surface area contributed by atoms with Crippen LogP contribution in [0.15, 0.2) is 18.3 Å². The Bertz CT molecular complexity index is 275. The minimum atomic E-state index is 0.0722. The Balaban J connectivity index is 2.65. The third kappa shape index (κ3) is 2.86. The predicted molar refractivity (Wildman–Crippen MR) is 56.8 cm³/mol. The van der Waals surface area contributed by atoms with E-state index in [1.807, 2.05) is 13.0 Å². The van der Waals surface area contributed by atoms with Crippen molar-refractivity contribution in [1.82, 2.24) is 4.98 Å². The lowest BCUT2D eigenvalue weighted by Gasteiger charge is -2.15. The van der Waals surface area contributed by atoms with Gasteiger partial charge in [0.25, 0.3) is 0 Å². The highest BCUT2D eigenvalue weighted by atomic mass is 16.3. The number of aromatic nitrogens is 1. The second kappa shape index (κ2) is 5.41. The molecule has 0 spiro atoms. The summed E-state index contributed by atoms with van der Waals surface area (Å²) in [6, 6.07) is 3.69. The maximum absolute atomic E-state index is 9.00. The molecule has 0 saturated carbocycles. The number of rotatable bonds is 5. The van der Waals surface area contributed by atoms with Crippen LogP contribution >= 0.6 is 0 Å². The first kappa shape index (κ1) is 10.7. The van der Waals surface area contributed by atoms with Crippen molar-refractivity contribution in [1.29, 1.82) is 0 Å². The molecule has 0 aromatic carbocycles. The Kier molecular flexibility index (Phi) is 4.15. The number of aliphatic hydroxyl groups is 1. The largest absolute Gasteiger partial charge is 0.394 e. The van der Waals surface area contributed by atoms with Crippen LogP contribution in [-0.4, -0.2) is 22.7 Å². The zero-order valence-corrected chi connectivity index (χ0v) is 8.20. The van der Waals surface area contributed by atoms with Gasteiger partial charge in [-0.1, -0.05) is 6.92 Å². The number of hydrogen-bond donors (Lipinski definition) is 4. The zero-order valence-electron chi connectivity index (χ0n) is 8.20. The summed E-state index contributed by atoms with van der Waals surface area (Å²) in [6.45, 7) is 2.13. The van der Waals surface area contributed by atoms with E-state index in [9.17, 15) is 0 Å². The Morgan fingerprint density at radius 3 is 3.00 bits per heavy atom. The summed E-state index contributed by atoms with van der Waals surface area (Å²) in [5.41, 5.74) is 3.36. The van der Waals surface area contributed by atoms with Crippen LogP contribution < -0.4 is 16.6 Å². The quantitative estimate of drug-likeness (QED) is 0.408. The van der Waals surface area contributed by atoms with Crippen LogP contribution in [0.3, 0.4) is 0 Å². The molecule has 5 heteroatoms. The Morgan fingerprint density at radius 1 is 1.64 bits per heavy atom. The minimum absolute atomic E-state index is 0.0722. The van der Waals surface area contributed by atoms with Gasteiger partial charge in [-0.2, -0.15) is 0 Å². The van der Waals surface area contributed by atoms with Gasteiger partial charge in [0.15, 0.2) is 0 Å². The number of hydrogen-bond acceptors (Lipinski definition) is 5. The van der Waals surface area contributed by atoms with Gasteiger partial charge in [-0.3, -0.25) is 0 Å². The van der Waals surface area contributed by atoms with Crippen molar-refractivity contribution in [3.63, 3.8) is 0 Å². The predicted octanol–water partition coefficient (Wildman–Crippen LogP) is 0.550. The highest BCUT2D eigenvalue weighted by Crippen LogP contribution is 2.12. The van der Waals surface area contributed by atoms with Gasteiger partial charge in [-0.25, -0.2) is 10.8 Å². The molecular formula is C9H16N4O. The van der Waals surface area contributed by atoms with Gasteiger partial charge < -0.3 is 15.8 Å². The molecule has 0 radical (unpaired) electrons. The van der Waals surface area contributed by atoms with Crippen molar-refractivity contribution >= 4 is 11.5 Å². The first-order chi connectivity index (χ1) is 6.80. The van der Waals surface area contributed by atoms with Gasteiger partial charge in [0, 0.05) is 24.0 Å². The summed E-state index contributed by atoms with van der Waals surface area (Å²) in [7, 11) is 0. The van der Waals surface area contributed by atoms with Gasteiger partial charge in [0.2, 0.25) is 0 Å². The summed E-state index contributed by atoms with van der Waals surface area (Å²) < 4.78 is 0. The number of hydrazine groups is 1. The molecule has 78 valence electrons. The molecule has 0 aliphatic carbocycles. The van der Waals surface area contributed by atoms with Crippen LogP contribution in [0.2, 0.25) is 0 Å². The average Bonchev–Trinajstić information content (AvgIpc) is 2.26. The van der Waals surface area contributed by atoms with Crippen molar-refractivity contribution < 1.29 is 5.11 Å². The van der Waals surface area contributed by atoms with Gasteiger partial charge >= 0.3 is 0 Å². The highest BCUT2D eigenvalue weighted by molar-refractivity contribution is 5.51. The van der Waals surface area contributed by atoms with Gasteiger partial charge in [0.05, 0.1) is 6.61 Å². The monoisotopic (exact) mass is 196 g/mol. The molecule has 0 saturated heterocycles. The topological polar surface area (TPSA) is 83.2 Å². The lowest BCUT2D eigenvalue weighted by atomic mass is 10.2. The minimum Gasteiger partial charge on any atom is -0.394 e. The van der Waals surface area contributed by atoms with E-state index in [2.05, 4.69) is 15.7 Å². The lowest BCUT2D eigenvalue weighted by Crippen LogP contribution is -2.22. The SMILES string of the molecule is CCC(CO)Nc1ccnc(NN)c1. The lowest BCUT2D eigenvalue weighted by molar-refractivity contribution is 0.272. The molecule has 1 unspecified atom stereocenters. The van der Waals surface area contributed by atoms with Gasteiger partial charge in [-0.15, -0.1) is 0 Å². The Morgan fingerprint density at radius 2 is 2.43 bits per heavy atom. The number of nitrogen functional groups attached to an aromatic ring is 1. The second-order valence-corrected chi connectivity index (χ2v) is 3.01. The molecule has 5 nitrogen and oxygen atoms in total. The van der Waals surface area contributed by atoms with Gasteiger partial charge in [-0.05, 0) is 12.5 Å². The van der Waals surface area contributed by atoms with Crippen LogP contribution in [0.5, 0.6) is 0 Å². The van der Waals surface area contributed by atoms with E-state index in [-0.39, 0.29) is 12.6 Å². The van der Waals surface area contributed by atoms with Crippen LogP contribution in [0.4, 0.5) is 11.5 Å². The molecule has 0 aliphatic rings. The fraction of sp³-hybridized carbons (Fsp3) is 0.444. The second-order valence-electron chi connectivity index (χ2n) is 3.01. The normalized spacial score (nSPS) is 12.2. The number of pyridine rings is 1. The van der Waals surface area contributed by atoms with Crippen LogP contribution in [0.1, 0.15) is 13.3 Å². The van der Waals surface area contributed by atoms with E-state index in [0.29, 0.717) is 5.82 Å². The van der Waals surface area contributed by atoms with Crippen molar-refractivity contribution in [2.24, 2.45) is 5.84 Å². The first-order valence-corrected chi connectivity index (χ1v) is 4.60. The molecule has 0 fully saturated rings. The number of anilines is 2. The van der Waals surface area contributed by atoms with E-state index < -0.39 is 0 Å². The summed E-state index contributed by atoms with van der Waals surface area (Å²) in [4.78, 5) is 3.98. The number of nitrogens with zero attached hydrogens (tertiary/aromatic N) is 1. The van der Waals surface area contributed by atoms with Crippen LogP contribution in [0, 0.1) is 0 Å². The van der Waals surface area contributed by atoms with E-state index in [0.717, 1.165) is 12.1 Å². The van der Waals surface area contributed by atoms with Crippen LogP contribution in [0.25, 0.3) is 0 Å². The molecule has 0 bridgehead atoms. The third-order valence-corrected chi connectivity index (χ3v) is 1.99. The summed E-state index contributed by atoms with van der Waals surface area (Å²) in [5, 5.41) is 12.2. The summed E-state index contributed by atoms with van der Waals surface area (Å²) >= 11 is 0. The molecule has 1 aromatic rings. The molecule has 1 heterocycles. The zero-order chi connectivity index (χ0) is 10.4. The van der Waals surface area contributed by atoms with E-state index in [4.69, 9.17) is 10.9 Å². The average molecular weight is 196 g/mol. The number of aliphatic hydroxyl groups excluding tert-OH is 1.